The number of thiophene rings is 1. The number of Topliss-reactive ketones (excluding diaryl/α,β-unsaturated/α-hetero) is 1. The van der Waals surface area contributed by atoms with E-state index in [4.69, 9.17) is 5.73 Å². The molecule has 0 aliphatic heterocycles. The predicted molar refractivity (Wildman–Crippen MR) is 109 cm³/mol. The normalized spacial score (nSPS) is 11.7. The average molecular weight is 385 g/mol. The van der Waals surface area contributed by atoms with Crippen molar-refractivity contribution in [3.05, 3.63) is 28.9 Å². The molecule has 4 N–H and O–H groups in total. The Hall–Kier alpha value is -2.58. The van der Waals surface area contributed by atoms with Crippen molar-refractivity contribution in [3.8, 4) is 11.3 Å². The van der Waals surface area contributed by atoms with Crippen molar-refractivity contribution in [1.82, 2.24) is 15.0 Å². The van der Waals surface area contributed by atoms with E-state index in [0.717, 1.165) is 17.5 Å². The molecule has 0 bridgehead atoms. The third kappa shape index (κ3) is 3.77. The van der Waals surface area contributed by atoms with Gasteiger partial charge in [-0.1, -0.05) is 6.92 Å². The minimum atomic E-state index is -0.597. The maximum absolute atomic E-state index is 12.0. The molecule has 7 nitrogen and oxygen atoms in total. The lowest BCUT2D eigenvalue weighted by atomic mass is 10.1. The van der Waals surface area contributed by atoms with E-state index in [-0.39, 0.29) is 12.4 Å². The van der Waals surface area contributed by atoms with Gasteiger partial charge in [0.2, 0.25) is 5.95 Å². The van der Waals surface area contributed by atoms with Crippen LogP contribution < -0.4 is 11.1 Å². The molecule has 3 heterocycles. The molecule has 3 aromatic rings. The monoisotopic (exact) mass is 385 g/mol. The van der Waals surface area contributed by atoms with Gasteiger partial charge in [-0.2, -0.15) is 0 Å². The summed E-state index contributed by atoms with van der Waals surface area (Å²) < 4.78 is 0. The zero-order valence-corrected chi connectivity index (χ0v) is 16.6. The van der Waals surface area contributed by atoms with E-state index in [1.165, 1.54) is 18.3 Å². The fraction of sp³-hybridized carbons (Fsp3) is 0.368. The van der Waals surface area contributed by atoms with Crippen molar-refractivity contribution in [2.45, 2.75) is 39.7 Å². The van der Waals surface area contributed by atoms with Gasteiger partial charge in [-0.3, -0.25) is 9.78 Å². The largest absolute Gasteiger partial charge is 0.397 e. The Kier molecular flexibility index (Phi) is 5.12. The lowest BCUT2D eigenvalue weighted by molar-refractivity contribution is 0.102. The highest BCUT2D eigenvalue weighted by Gasteiger charge is 2.23. The number of hydrogen-bond donors (Lipinski definition) is 3. The fourth-order valence-electron chi connectivity index (χ4n) is 2.70. The SMILES string of the molecule is CCc1cncc(-c2nc(NC(C)(C)CO)nc3sc(C(C)=O)c(N)c23)c1. The number of carbonyl (C=O) groups excluding carboxylic acids is 1. The van der Waals surface area contributed by atoms with Crippen LogP contribution >= 0.6 is 11.3 Å². The van der Waals surface area contributed by atoms with Crippen molar-refractivity contribution in [1.29, 1.82) is 0 Å². The number of aromatic nitrogens is 3. The van der Waals surface area contributed by atoms with Crippen LogP contribution in [0.5, 0.6) is 0 Å². The lowest BCUT2D eigenvalue weighted by Gasteiger charge is -2.23. The number of nitrogen functional groups attached to an aromatic ring is 1. The second-order valence-electron chi connectivity index (χ2n) is 7.08. The van der Waals surface area contributed by atoms with E-state index >= 15 is 0 Å². The second kappa shape index (κ2) is 7.21. The first-order valence-electron chi connectivity index (χ1n) is 8.70. The van der Waals surface area contributed by atoms with Gasteiger partial charge in [0.15, 0.2) is 5.78 Å². The molecule has 142 valence electrons. The van der Waals surface area contributed by atoms with Gasteiger partial charge in [0.25, 0.3) is 0 Å². The number of anilines is 2. The summed E-state index contributed by atoms with van der Waals surface area (Å²) >= 11 is 1.25. The van der Waals surface area contributed by atoms with Crippen molar-refractivity contribution >= 4 is 39.0 Å². The summed E-state index contributed by atoms with van der Waals surface area (Å²) in [7, 11) is 0. The number of nitrogens with zero attached hydrogens (tertiary/aromatic N) is 3. The topological polar surface area (TPSA) is 114 Å². The molecule has 3 aromatic heterocycles. The molecule has 0 saturated carbocycles. The highest BCUT2D eigenvalue weighted by Crippen LogP contribution is 2.39. The van der Waals surface area contributed by atoms with Crippen LogP contribution in [0, 0.1) is 0 Å². The highest BCUT2D eigenvalue weighted by molar-refractivity contribution is 7.21. The van der Waals surface area contributed by atoms with Gasteiger partial charge >= 0.3 is 0 Å². The molecule has 0 unspecified atom stereocenters. The zero-order chi connectivity index (χ0) is 19.8. The van der Waals surface area contributed by atoms with Crippen LogP contribution in [0.3, 0.4) is 0 Å². The molecule has 27 heavy (non-hydrogen) atoms. The van der Waals surface area contributed by atoms with E-state index in [1.54, 1.807) is 6.20 Å². The summed E-state index contributed by atoms with van der Waals surface area (Å²) in [4.78, 5) is 26.6. The van der Waals surface area contributed by atoms with Crippen molar-refractivity contribution < 1.29 is 9.90 Å². The van der Waals surface area contributed by atoms with Crippen LogP contribution in [0.2, 0.25) is 0 Å². The molecular weight excluding hydrogens is 362 g/mol. The third-order valence-electron chi connectivity index (χ3n) is 4.23. The number of nitrogens with two attached hydrogens (primary N) is 1. The van der Waals surface area contributed by atoms with E-state index < -0.39 is 5.54 Å². The Balaban J connectivity index is 2.28. The standard InChI is InChI=1S/C19H23N5O2S/c1-5-11-6-12(8-21-7-11)15-13-14(20)16(10(2)26)27-17(13)23-18(22-15)24-19(3,4)9-25/h6-8,25H,5,9,20H2,1-4H3,(H,22,23,24). The first-order chi connectivity index (χ1) is 12.8. The Morgan fingerprint density at radius 2 is 2.07 bits per heavy atom. The predicted octanol–water partition coefficient (Wildman–Crippen LogP) is 3.28. The number of aryl methyl sites for hydroxylation is 1. The zero-order valence-electron chi connectivity index (χ0n) is 15.8. The molecule has 3 rings (SSSR count). The van der Waals surface area contributed by atoms with Crippen molar-refractivity contribution in [3.63, 3.8) is 0 Å². The number of carbonyl (C=O) groups is 1. The molecule has 0 radical (unpaired) electrons. The van der Waals surface area contributed by atoms with E-state index in [1.807, 2.05) is 26.1 Å². The van der Waals surface area contributed by atoms with Gasteiger partial charge < -0.3 is 16.2 Å². The van der Waals surface area contributed by atoms with Crippen molar-refractivity contribution in [2.24, 2.45) is 0 Å². The van der Waals surface area contributed by atoms with Crippen LogP contribution in [-0.4, -0.2) is 38.0 Å². The first kappa shape index (κ1) is 19.2. The Morgan fingerprint density at radius 3 is 2.70 bits per heavy atom. The lowest BCUT2D eigenvalue weighted by Crippen LogP contribution is -2.35. The van der Waals surface area contributed by atoms with Gasteiger partial charge in [-0.05, 0) is 31.9 Å². The maximum Gasteiger partial charge on any atom is 0.225 e. The molecule has 0 saturated heterocycles. The van der Waals surface area contributed by atoms with Gasteiger partial charge in [0.1, 0.15) is 4.83 Å². The quantitative estimate of drug-likeness (QED) is 0.558. The molecule has 0 fully saturated rings. The Morgan fingerprint density at radius 1 is 1.33 bits per heavy atom. The summed E-state index contributed by atoms with van der Waals surface area (Å²) in [5, 5.41) is 13.4. The molecule has 0 atom stereocenters. The summed E-state index contributed by atoms with van der Waals surface area (Å²) in [5.41, 5.74) is 8.59. The second-order valence-corrected chi connectivity index (χ2v) is 8.08. The van der Waals surface area contributed by atoms with Crippen molar-refractivity contribution in [2.75, 3.05) is 17.7 Å². The van der Waals surface area contributed by atoms with Crippen LogP contribution in [-0.2, 0) is 6.42 Å². The number of nitrogens with one attached hydrogen (secondary N) is 1. The van der Waals surface area contributed by atoms with E-state index in [0.29, 0.717) is 32.4 Å². The summed E-state index contributed by atoms with van der Waals surface area (Å²) in [5.74, 6) is 0.266. The molecule has 0 aromatic carbocycles. The summed E-state index contributed by atoms with van der Waals surface area (Å²) in [6.45, 7) is 7.16. The molecular formula is C19H23N5O2S. The fourth-order valence-corrected chi connectivity index (χ4v) is 3.69. The summed E-state index contributed by atoms with van der Waals surface area (Å²) in [6.07, 6.45) is 4.38. The van der Waals surface area contributed by atoms with E-state index in [2.05, 4.69) is 27.2 Å². The average Bonchev–Trinajstić information content (AvgIpc) is 2.97. The molecule has 0 aliphatic rings. The number of fused-ring (bicyclic) bond motifs is 1. The van der Waals surface area contributed by atoms with Crippen LogP contribution in [0.4, 0.5) is 11.6 Å². The number of ketones is 1. The van der Waals surface area contributed by atoms with Crippen LogP contribution in [0.1, 0.15) is 42.9 Å². The number of pyridine rings is 1. The van der Waals surface area contributed by atoms with Crippen LogP contribution in [0.25, 0.3) is 21.5 Å². The number of aliphatic hydroxyl groups is 1. The third-order valence-corrected chi connectivity index (χ3v) is 5.43. The van der Waals surface area contributed by atoms with Gasteiger partial charge in [0, 0.05) is 24.9 Å². The minimum Gasteiger partial charge on any atom is -0.397 e. The summed E-state index contributed by atoms with van der Waals surface area (Å²) in [6, 6.07) is 2.01. The number of hydrogen-bond acceptors (Lipinski definition) is 8. The molecule has 0 aliphatic carbocycles. The number of rotatable bonds is 6. The molecule has 0 amide bonds. The molecule has 0 spiro atoms. The van der Waals surface area contributed by atoms with Gasteiger partial charge in [0.05, 0.1) is 33.8 Å². The van der Waals surface area contributed by atoms with Gasteiger partial charge in [-0.15, -0.1) is 11.3 Å². The van der Waals surface area contributed by atoms with Gasteiger partial charge in [-0.25, -0.2) is 9.97 Å². The minimum absolute atomic E-state index is 0.0815. The smallest absolute Gasteiger partial charge is 0.225 e. The highest BCUT2D eigenvalue weighted by atomic mass is 32.1. The van der Waals surface area contributed by atoms with Crippen LogP contribution in [0.15, 0.2) is 18.5 Å². The Bertz CT molecular complexity index is 1010. The number of aliphatic hydroxyl groups excluding tert-OH is 1. The maximum atomic E-state index is 12.0. The van der Waals surface area contributed by atoms with E-state index in [9.17, 15) is 9.90 Å². The first-order valence-corrected chi connectivity index (χ1v) is 9.51. The molecule has 8 heteroatoms. The Labute approximate surface area is 161 Å².